The first kappa shape index (κ1) is 18.7. The van der Waals surface area contributed by atoms with Crippen LogP contribution in [0.25, 0.3) is 0 Å². The average Bonchev–Trinajstić information content (AvgIpc) is 2.47. The summed E-state index contributed by atoms with van der Waals surface area (Å²) in [7, 11) is 0. The van der Waals surface area contributed by atoms with Gasteiger partial charge in [0.2, 0.25) is 0 Å². The van der Waals surface area contributed by atoms with E-state index >= 15 is 0 Å². The molecule has 23 heavy (non-hydrogen) atoms. The maximum absolute atomic E-state index is 10.1. The van der Waals surface area contributed by atoms with Crippen LogP contribution in [0, 0.1) is 11.8 Å². The second kappa shape index (κ2) is 9.62. The first-order valence-corrected chi connectivity index (χ1v) is 9.18. The summed E-state index contributed by atoms with van der Waals surface area (Å²) in [6.07, 6.45) is 0.858. The van der Waals surface area contributed by atoms with E-state index in [0.29, 0.717) is 38.2 Å². The van der Waals surface area contributed by atoms with Crippen molar-refractivity contribution >= 4 is 15.9 Å². The third-order valence-corrected chi connectivity index (χ3v) is 4.56. The van der Waals surface area contributed by atoms with E-state index in [0.717, 1.165) is 23.3 Å². The van der Waals surface area contributed by atoms with Crippen LogP contribution in [0.15, 0.2) is 28.7 Å². The Morgan fingerprint density at radius 2 is 1.83 bits per heavy atom. The van der Waals surface area contributed by atoms with Gasteiger partial charge in [-0.3, -0.25) is 0 Å². The highest BCUT2D eigenvalue weighted by Crippen LogP contribution is 2.21. The molecule has 1 saturated heterocycles. The fourth-order valence-corrected chi connectivity index (χ4v) is 3.52. The number of rotatable bonds is 8. The number of likely N-dealkylation sites (tertiary alicyclic amines) is 1. The van der Waals surface area contributed by atoms with E-state index in [-0.39, 0.29) is 0 Å². The van der Waals surface area contributed by atoms with Gasteiger partial charge in [0.15, 0.2) is 0 Å². The summed E-state index contributed by atoms with van der Waals surface area (Å²) in [6, 6.07) is 7.72. The molecule has 0 spiro atoms. The summed E-state index contributed by atoms with van der Waals surface area (Å²) < 4.78 is 12.1. The Balaban J connectivity index is 1.56. The number of β-amino-alcohol motifs (C(OH)–C–C–N with tert-alkyl or cyclic N) is 1. The van der Waals surface area contributed by atoms with Crippen LogP contribution in [0.1, 0.15) is 20.3 Å². The molecule has 1 fully saturated rings. The lowest BCUT2D eigenvalue weighted by molar-refractivity contribution is -0.00211. The molecule has 1 heterocycles. The van der Waals surface area contributed by atoms with Crippen LogP contribution in [0.3, 0.4) is 0 Å². The first-order chi connectivity index (χ1) is 11.0. The number of hydrogen-bond acceptors (Lipinski definition) is 4. The summed E-state index contributed by atoms with van der Waals surface area (Å²) in [5, 5.41) is 10.1. The van der Waals surface area contributed by atoms with Gasteiger partial charge in [0.05, 0.1) is 19.3 Å². The predicted molar refractivity (Wildman–Crippen MR) is 95.8 cm³/mol. The number of halogens is 1. The van der Waals surface area contributed by atoms with Crippen molar-refractivity contribution in [3.63, 3.8) is 0 Å². The number of aliphatic hydroxyl groups excluding tert-OH is 1. The van der Waals surface area contributed by atoms with Crippen LogP contribution >= 0.6 is 15.9 Å². The lowest BCUT2D eigenvalue weighted by Crippen LogP contribution is -2.43. The topological polar surface area (TPSA) is 41.9 Å². The van der Waals surface area contributed by atoms with Crippen LogP contribution in [-0.4, -0.2) is 55.6 Å². The summed E-state index contributed by atoms with van der Waals surface area (Å²) in [6.45, 7) is 8.76. The molecule has 0 aromatic heterocycles. The number of ether oxygens (including phenoxy) is 2. The first-order valence-electron chi connectivity index (χ1n) is 8.39. The van der Waals surface area contributed by atoms with E-state index in [2.05, 4.69) is 34.7 Å². The van der Waals surface area contributed by atoms with Crippen molar-refractivity contribution in [3.05, 3.63) is 28.7 Å². The number of nitrogens with zero attached hydrogens (tertiary/aromatic N) is 1. The quantitative estimate of drug-likeness (QED) is 0.697. The van der Waals surface area contributed by atoms with E-state index < -0.39 is 6.10 Å². The van der Waals surface area contributed by atoms with Gasteiger partial charge in [-0.15, -0.1) is 0 Å². The Kier molecular flexibility index (Phi) is 7.83. The van der Waals surface area contributed by atoms with Gasteiger partial charge in [0.25, 0.3) is 0 Å². The lowest BCUT2D eigenvalue weighted by atomic mass is 9.92. The smallest absolute Gasteiger partial charge is 0.119 e. The Morgan fingerprint density at radius 3 is 2.48 bits per heavy atom. The molecule has 1 aromatic carbocycles. The molecule has 0 unspecified atom stereocenters. The molecule has 5 heteroatoms. The molecular weight excluding hydrogens is 358 g/mol. The molecule has 0 bridgehead atoms. The zero-order chi connectivity index (χ0) is 16.7. The molecule has 1 N–H and O–H groups in total. The summed E-state index contributed by atoms with van der Waals surface area (Å²) in [4.78, 5) is 2.35. The third-order valence-electron chi connectivity index (χ3n) is 4.03. The number of benzene rings is 1. The zero-order valence-corrected chi connectivity index (χ0v) is 15.7. The molecule has 1 aromatic rings. The van der Waals surface area contributed by atoms with Gasteiger partial charge in [-0.25, -0.2) is 0 Å². The van der Waals surface area contributed by atoms with Crippen molar-refractivity contribution in [1.82, 2.24) is 4.90 Å². The maximum Gasteiger partial charge on any atom is 0.119 e. The van der Waals surface area contributed by atoms with Crippen LogP contribution in [-0.2, 0) is 4.74 Å². The summed E-state index contributed by atoms with van der Waals surface area (Å²) in [5.74, 6) is 2.26. The Morgan fingerprint density at radius 1 is 1.17 bits per heavy atom. The second-order valence-electron chi connectivity index (χ2n) is 6.70. The molecule has 0 radical (unpaired) electrons. The van der Waals surface area contributed by atoms with Crippen molar-refractivity contribution in [2.75, 3.05) is 39.5 Å². The van der Waals surface area contributed by atoms with Crippen molar-refractivity contribution in [2.45, 2.75) is 26.4 Å². The molecule has 0 aliphatic carbocycles. The molecule has 2 rings (SSSR count). The monoisotopic (exact) mass is 385 g/mol. The van der Waals surface area contributed by atoms with Crippen LogP contribution in [0.4, 0.5) is 0 Å². The Labute approximate surface area is 147 Å². The molecule has 1 aliphatic rings. The summed E-state index contributed by atoms with van der Waals surface area (Å²) in [5.41, 5.74) is 0. The molecule has 4 nitrogen and oxygen atoms in total. The van der Waals surface area contributed by atoms with E-state index in [4.69, 9.17) is 9.47 Å². The largest absolute Gasteiger partial charge is 0.491 e. The maximum atomic E-state index is 10.1. The zero-order valence-electron chi connectivity index (χ0n) is 14.1. The Hall–Kier alpha value is -0.620. The SMILES string of the molecule is C[C@@H]1C[C@H](C)CN(C[C@@H](O)COCCOc2ccc(Br)cc2)C1. The summed E-state index contributed by atoms with van der Waals surface area (Å²) >= 11 is 3.39. The van der Waals surface area contributed by atoms with Gasteiger partial charge in [-0.1, -0.05) is 29.8 Å². The van der Waals surface area contributed by atoms with Crippen molar-refractivity contribution in [1.29, 1.82) is 0 Å². The van der Waals surface area contributed by atoms with Gasteiger partial charge < -0.3 is 19.5 Å². The van der Waals surface area contributed by atoms with Gasteiger partial charge in [-0.2, -0.15) is 0 Å². The number of piperidine rings is 1. The van der Waals surface area contributed by atoms with Crippen molar-refractivity contribution in [3.8, 4) is 5.75 Å². The number of hydrogen-bond donors (Lipinski definition) is 1. The van der Waals surface area contributed by atoms with Crippen LogP contribution in [0.5, 0.6) is 5.75 Å². The molecule has 0 amide bonds. The molecule has 130 valence electrons. The normalized spacial score (nSPS) is 23.7. The van der Waals surface area contributed by atoms with Gasteiger partial charge in [0, 0.05) is 24.1 Å². The van der Waals surface area contributed by atoms with E-state index in [9.17, 15) is 5.11 Å². The third kappa shape index (κ3) is 7.21. The van der Waals surface area contributed by atoms with E-state index in [1.54, 1.807) is 0 Å². The molecule has 0 saturated carbocycles. The van der Waals surface area contributed by atoms with Gasteiger partial charge >= 0.3 is 0 Å². The minimum atomic E-state index is -0.430. The van der Waals surface area contributed by atoms with Crippen molar-refractivity contribution < 1.29 is 14.6 Å². The highest BCUT2D eigenvalue weighted by atomic mass is 79.9. The standard InChI is InChI=1S/C18H28BrNO3/c1-14-9-15(2)11-20(10-14)12-17(21)13-22-7-8-23-18-5-3-16(19)4-6-18/h3-6,14-15,17,21H,7-13H2,1-2H3/t14-,15+,17-/m1/s1. The fraction of sp³-hybridized carbons (Fsp3) is 0.667. The molecule has 3 atom stereocenters. The highest BCUT2D eigenvalue weighted by molar-refractivity contribution is 9.10. The Bertz CT molecular complexity index is 444. The molecular formula is C18H28BrNO3. The molecule has 1 aliphatic heterocycles. The minimum absolute atomic E-state index is 0.364. The number of aliphatic hydroxyl groups is 1. The lowest BCUT2D eigenvalue weighted by Gasteiger charge is -2.35. The van der Waals surface area contributed by atoms with Gasteiger partial charge in [0.1, 0.15) is 12.4 Å². The average molecular weight is 386 g/mol. The van der Waals surface area contributed by atoms with E-state index in [1.165, 1.54) is 6.42 Å². The van der Waals surface area contributed by atoms with Gasteiger partial charge in [-0.05, 0) is 42.5 Å². The van der Waals surface area contributed by atoms with Crippen LogP contribution < -0.4 is 4.74 Å². The second-order valence-corrected chi connectivity index (χ2v) is 7.61. The fourth-order valence-electron chi connectivity index (χ4n) is 3.26. The minimum Gasteiger partial charge on any atom is -0.491 e. The predicted octanol–water partition coefficient (Wildman–Crippen LogP) is 3.18. The van der Waals surface area contributed by atoms with E-state index in [1.807, 2.05) is 24.3 Å². The van der Waals surface area contributed by atoms with Crippen molar-refractivity contribution in [2.24, 2.45) is 11.8 Å². The van der Waals surface area contributed by atoms with Crippen LogP contribution in [0.2, 0.25) is 0 Å². The highest BCUT2D eigenvalue weighted by Gasteiger charge is 2.23.